The number of nitrogens with zero attached hydrogens (tertiary/aromatic N) is 1. The summed E-state index contributed by atoms with van der Waals surface area (Å²) in [5.41, 5.74) is 4.52. The number of benzene rings is 1. The van der Waals surface area contributed by atoms with Gasteiger partial charge < -0.3 is 10.4 Å². The number of aryl methyl sites for hydroxylation is 3. The molecule has 0 spiro atoms. The third-order valence-corrected chi connectivity index (χ3v) is 4.33. The minimum absolute atomic E-state index is 0.000506. The topological polar surface area (TPSA) is 79.3 Å². The number of rotatable bonds is 5. The highest BCUT2D eigenvalue weighted by molar-refractivity contribution is 7.09. The van der Waals surface area contributed by atoms with Crippen molar-refractivity contribution in [2.75, 3.05) is 0 Å². The minimum Gasteiger partial charge on any atom is -0.476 e. The van der Waals surface area contributed by atoms with Gasteiger partial charge in [0, 0.05) is 11.5 Å². The summed E-state index contributed by atoms with van der Waals surface area (Å²) in [6, 6.07) is 4.14. The maximum absolute atomic E-state index is 11.9. The summed E-state index contributed by atoms with van der Waals surface area (Å²) in [5.74, 6) is -1.31. The fourth-order valence-electron chi connectivity index (χ4n) is 2.04. The van der Waals surface area contributed by atoms with E-state index in [1.54, 1.807) is 6.08 Å². The summed E-state index contributed by atoms with van der Waals surface area (Å²) in [6.45, 7) is 6.32. The molecule has 0 bridgehead atoms. The van der Waals surface area contributed by atoms with Crippen LogP contribution in [0.2, 0.25) is 0 Å². The summed E-state index contributed by atoms with van der Waals surface area (Å²) in [7, 11) is 0. The van der Waals surface area contributed by atoms with E-state index in [2.05, 4.69) is 29.4 Å². The molecule has 0 fully saturated rings. The number of carboxylic acids is 1. The lowest BCUT2D eigenvalue weighted by molar-refractivity contribution is -0.116. The van der Waals surface area contributed by atoms with Gasteiger partial charge in [0.25, 0.3) is 0 Å². The van der Waals surface area contributed by atoms with Gasteiger partial charge in [-0.3, -0.25) is 4.79 Å². The highest BCUT2D eigenvalue weighted by atomic mass is 32.1. The van der Waals surface area contributed by atoms with E-state index in [0.29, 0.717) is 5.01 Å². The van der Waals surface area contributed by atoms with Gasteiger partial charge in [0.1, 0.15) is 5.01 Å². The predicted molar refractivity (Wildman–Crippen MR) is 90.6 cm³/mol. The Hall–Kier alpha value is -2.47. The van der Waals surface area contributed by atoms with Crippen LogP contribution in [0.5, 0.6) is 0 Å². The second kappa shape index (κ2) is 7.19. The predicted octanol–water partition coefficient (Wildman–Crippen LogP) is 3.10. The highest BCUT2D eigenvalue weighted by Gasteiger charge is 2.08. The van der Waals surface area contributed by atoms with E-state index in [9.17, 15) is 9.59 Å². The van der Waals surface area contributed by atoms with Crippen LogP contribution >= 0.6 is 11.3 Å². The molecule has 23 heavy (non-hydrogen) atoms. The Morgan fingerprint density at radius 1 is 1.22 bits per heavy atom. The molecule has 0 aliphatic heterocycles. The van der Waals surface area contributed by atoms with E-state index in [1.807, 2.05) is 13.8 Å². The molecule has 1 aromatic carbocycles. The van der Waals surface area contributed by atoms with Crippen LogP contribution in [-0.2, 0) is 11.3 Å². The van der Waals surface area contributed by atoms with Crippen molar-refractivity contribution in [3.8, 4) is 0 Å². The molecule has 0 unspecified atom stereocenters. The number of aromatic nitrogens is 1. The molecule has 2 N–H and O–H groups in total. The molecular weight excluding hydrogens is 312 g/mol. The molecule has 0 saturated heterocycles. The number of hydrogen-bond donors (Lipinski definition) is 2. The minimum atomic E-state index is -1.07. The number of nitrogens with one attached hydrogen (secondary N) is 1. The summed E-state index contributed by atoms with van der Waals surface area (Å²) in [5, 5.41) is 13.5. The number of carbonyl (C=O) groups is 2. The number of thiazole rings is 1. The lowest BCUT2D eigenvalue weighted by Crippen LogP contribution is -2.20. The molecule has 0 aliphatic rings. The van der Waals surface area contributed by atoms with Crippen LogP contribution in [0.4, 0.5) is 0 Å². The van der Waals surface area contributed by atoms with Crippen LogP contribution in [0.1, 0.15) is 37.7 Å². The number of amides is 1. The Kier molecular flexibility index (Phi) is 5.28. The number of hydrogen-bond acceptors (Lipinski definition) is 4. The van der Waals surface area contributed by atoms with Gasteiger partial charge in [0.05, 0.1) is 6.54 Å². The second-order valence-corrected chi connectivity index (χ2v) is 6.22. The number of aromatic carboxylic acids is 1. The van der Waals surface area contributed by atoms with E-state index >= 15 is 0 Å². The standard InChI is InChI=1S/C17H18N2O3S/c1-10-6-12(3)13(7-11(10)2)4-5-15(20)18-8-16-19-14(9-23-16)17(21)22/h4-7,9H,8H2,1-3H3,(H,18,20)(H,21,22). The van der Waals surface area contributed by atoms with Crippen LogP contribution in [0.3, 0.4) is 0 Å². The quantitative estimate of drug-likeness (QED) is 0.826. The van der Waals surface area contributed by atoms with Gasteiger partial charge in [-0.25, -0.2) is 9.78 Å². The van der Waals surface area contributed by atoms with Gasteiger partial charge in [-0.1, -0.05) is 12.1 Å². The summed E-state index contributed by atoms with van der Waals surface area (Å²) >= 11 is 1.21. The number of carboxylic acid groups (broad SMARTS) is 1. The Bertz CT molecular complexity index is 778. The first-order chi connectivity index (χ1) is 10.9. The van der Waals surface area contributed by atoms with Crippen LogP contribution in [0.15, 0.2) is 23.6 Å². The fraction of sp³-hybridized carbons (Fsp3) is 0.235. The molecule has 5 nitrogen and oxygen atoms in total. The van der Waals surface area contributed by atoms with Crippen molar-refractivity contribution >= 4 is 29.3 Å². The van der Waals surface area contributed by atoms with Crippen molar-refractivity contribution in [3.05, 3.63) is 56.5 Å². The van der Waals surface area contributed by atoms with E-state index in [4.69, 9.17) is 5.11 Å². The molecule has 2 aromatic rings. The van der Waals surface area contributed by atoms with Crippen molar-refractivity contribution in [2.24, 2.45) is 0 Å². The Labute approximate surface area is 138 Å². The highest BCUT2D eigenvalue weighted by Crippen LogP contribution is 2.16. The van der Waals surface area contributed by atoms with Gasteiger partial charge in [0.15, 0.2) is 5.69 Å². The van der Waals surface area contributed by atoms with Crippen LogP contribution in [-0.4, -0.2) is 22.0 Å². The zero-order valence-electron chi connectivity index (χ0n) is 13.2. The first-order valence-corrected chi connectivity index (χ1v) is 7.96. The first-order valence-electron chi connectivity index (χ1n) is 7.08. The zero-order valence-corrected chi connectivity index (χ0v) is 14.0. The van der Waals surface area contributed by atoms with E-state index < -0.39 is 5.97 Å². The molecule has 120 valence electrons. The van der Waals surface area contributed by atoms with Gasteiger partial charge in [-0.15, -0.1) is 11.3 Å². The largest absolute Gasteiger partial charge is 0.476 e. The molecule has 1 amide bonds. The maximum atomic E-state index is 11.9. The molecule has 6 heteroatoms. The summed E-state index contributed by atoms with van der Waals surface area (Å²) in [4.78, 5) is 26.5. The second-order valence-electron chi connectivity index (χ2n) is 5.28. The monoisotopic (exact) mass is 330 g/mol. The van der Waals surface area contributed by atoms with Crippen LogP contribution < -0.4 is 5.32 Å². The van der Waals surface area contributed by atoms with Crippen molar-refractivity contribution < 1.29 is 14.7 Å². The van der Waals surface area contributed by atoms with Gasteiger partial charge in [0.2, 0.25) is 5.91 Å². The molecule has 0 saturated carbocycles. The molecule has 0 atom stereocenters. The van der Waals surface area contributed by atoms with Crippen LogP contribution in [0, 0.1) is 20.8 Å². The van der Waals surface area contributed by atoms with Crippen LogP contribution in [0.25, 0.3) is 6.08 Å². The first kappa shape index (κ1) is 16.9. The Morgan fingerprint density at radius 2 is 1.91 bits per heavy atom. The molecule has 0 radical (unpaired) electrons. The van der Waals surface area contributed by atoms with Crippen molar-refractivity contribution in [1.82, 2.24) is 10.3 Å². The third kappa shape index (κ3) is 4.50. The molecule has 0 aliphatic carbocycles. The zero-order chi connectivity index (χ0) is 17.0. The average molecular weight is 330 g/mol. The van der Waals surface area contributed by atoms with Gasteiger partial charge in [-0.05, 0) is 49.1 Å². The number of carbonyl (C=O) groups excluding carboxylic acids is 1. The molecule has 1 aromatic heterocycles. The van der Waals surface area contributed by atoms with E-state index in [-0.39, 0.29) is 18.1 Å². The Balaban J connectivity index is 1.96. The molecule has 1 heterocycles. The molecular formula is C17H18N2O3S. The fourth-order valence-corrected chi connectivity index (χ4v) is 2.75. The van der Waals surface area contributed by atoms with E-state index in [1.165, 1.54) is 33.9 Å². The smallest absolute Gasteiger partial charge is 0.355 e. The summed E-state index contributed by atoms with van der Waals surface area (Å²) < 4.78 is 0. The van der Waals surface area contributed by atoms with E-state index in [0.717, 1.165) is 11.1 Å². The summed E-state index contributed by atoms with van der Waals surface area (Å²) in [6.07, 6.45) is 3.25. The van der Waals surface area contributed by atoms with Crippen molar-refractivity contribution in [1.29, 1.82) is 0 Å². The molecule has 2 rings (SSSR count). The SMILES string of the molecule is Cc1cc(C)c(C=CC(=O)NCc2nc(C(=O)O)cs2)cc1C. The normalized spacial score (nSPS) is 10.9. The van der Waals surface area contributed by atoms with Gasteiger partial charge >= 0.3 is 5.97 Å². The Morgan fingerprint density at radius 3 is 2.57 bits per heavy atom. The lowest BCUT2D eigenvalue weighted by Gasteiger charge is -2.06. The lowest BCUT2D eigenvalue weighted by atomic mass is 10.0. The van der Waals surface area contributed by atoms with Crippen molar-refractivity contribution in [2.45, 2.75) is 27.3 Å². The average Bonchev–Trinajstić information content (AvgIpc) is 2.96. The third-order valence-electron chi connectivity index (χ3n) is 3.48. The van der Waals surface area contributed by atoms with Crippen molar-refractivity contribution in [3.63, 3.8) is 0 Å². The maximum Gasteiger partial charge on any atom is 0.355 e. The van der Waals surface area contributed by atoms with Gasteiger partial charge in [-0.2, -0.15) is 0 Å².